The molecule has 3 aromatic rings. The number of nitrogens with zero attached hydrogens (tertiary/aromatic N) is 1. The molecule has 3 heteroatoms. The van der Waals surface area contributed by atoms with Crippen LogP contribution in [0.3, 0.4) is 0 Å². The van der Waals surface area contributed by atoms with Crippen LogP contribution in [0, 0.1) is 0 Å². The summed E-state index contributed by atoms with van der Waals surface area (Å²) in [6, 6.07) is 27.6. The van der Waals surface area contributed by atoms with Crippen molar-refractivity contribution in [1.29, 1.82) is 0 Å². The van der Waals surface area contributed by atoms with Crippen molar-refractivity contribution in [2.45, 2.75) is 13.2 Å². The van der Waals surface area contributed by atoms with Gasteiger partial charge in [0.1, 0.15) is 12.4 Å². The Morgan fingerprint density at radius 2 is 1.50 bits per heavy atom. The van der Waals surface area contributed by atoms with Crippen LogP contribution in [-0.2, 0) is 13.2 Å². The summed E-state index contributed by atoms with van der Waals surface area (Å²) in [6.07, 6.45) is 0. The van der Waals surface area contributed by atoms with Crippen LogP contribution in [-0.4, -0.2) is 24.3 Å². The van der Waals surface area contributed by atoms with E-state index in [1.54, 1.807) is 0 Å². The molecule has 0 saturated heterocycles. The van der Waals surface area contributed by atoms with Gasteiger partial charge in [0, 0.05) is 12.1 Å². The second-order valence-corrected chi connectivity index (χ2v) is 6.38. The Kier molecular flexibility index (Phi) is 6.18. The van der Waals surface area contributed by atoms with Gasteiger partial charge < -0.3 is 4.74 Å². The third kappa shape index (κ3) is 5.30. The summed E-state index contributed by atoms with van der Waals surface area (Å²) < 4.78 is 5.82. The smallest absolute Gasteiger partial charge is 0.176 e. The first-order valence-electron chi connectivity index (χ1n) is 8.73. The molecule has 0 radical (unpaired) electrons. The third-order valence-corrected chi connectivity index (χ3v) is 4.11. The molecule has 0 unspecified atom stereocenters. The van der Waals surface area contributed by atoms with Crippen LogP contribution in [0.1, 0.15) is 21.5 Å². The van der Waals surface area contributed by atoms with Crippen LogP contribution in [0.15, 0.2) is 84.9 Å². The summed E-state index contributed by atoms with van der Waals surface area (Å²) in [5.74, 6) is 0.805. The lowest BCUT2D eigenvalue weighted by atomic mass is 10.1. The molecule has 3 rings (SSSR count). The average Bonchev–Trinajstić information content (AvgIpc) is 2.68. The molecule has 0 heterocycles. The fourth-order valence-electron chi connectivity index (χ4n) is 2.79. The van der Waals surface area contributed by atoms with Crippen LogP contribution in [0.4, 0.5) is 0 Å². The van der Waals surface area contributed by atoms with E-state index in [-0.39, 0.29) is 5.78 Å². The molecule has 26 heavy (non-hydrogen) atoms. The molecule has 0 aliphatic heterocycles. The molecular weight excluding hydrogens is 322 g/mol. The number of rotatable bonds is 8. The summed E-state index contributed by atoms with van der Waals surface area (Å²) in [5, 5.41) is 0. The maximum Gasteiger partial charge on any atom is 0.176 e. The van der Waals surface area contributed by atoms with E-state index in [4.69, 9.17) is 4.74 Å². The molecule has 0 aliphatic rings. The molecule has 0 aliphatic carbocycles. The molecule has 0 N–H and O–H groups in total. The molecule has 0 bridgehead atoms. The number of Topliss-reactive ketones (excluding diaryl/α,β-unsaturated/α-hetero) is 1. The monoisotopic (exact) mass is 345 g/mol. The highest BCUT2D eigenvalue weighted by molar-refractivity contribution is 5.97. The Balaban J connectivity index is 1.57. The number of ketones is 1. The van der Waals surface area contributed by atoms with Crippen LogP contribution in [0.2, 0.25) is 0 Å². The summed E-state index contributed by atoms with van der Waals surface area (Å²) in [6.45, 7) is 1.61. The summed E-state index contributed by atoms with van der Waals surface area (Å²) in [5.41, 5.74) is 2.98. The van der Waals surface area contributed by atoms with Crippen molar-refractivity contribution in [2.75, 3.05) is 13.6 Å². The van der Waals surface area contributed by atoms with E-state index in [0.717, 1.165) is 12.1 Å². The minimum Gasteiger partial charge on any atom is -0.489 e. The first-order chi connectivity index (χ1) is 12.7. The van der Waals surface area contributed by atoms with E-state index in [2.05, 4.69) is 12.1 Å². The van der Waals surface area contributed by atoms with Gasteiger partial charge in [0.05, 0.1) is 6.54 Å². The van der Waals surface area contributed by atoms with Gasteiger partial charge in [-0.15, -0.1) is 0 Å². The lowest BCUT2D eigenvalue weighted by molar-refractivity contribution is 0.0942. The Morgan fingerprint density at radius 1 is 0.846 bits per heavy atom. The number of likely N-dealkylation sites (N-methyl/N-ethyl adjacent to an activating group) is 1. The SMILES string of the molecule is CN(CC(=O)c1cccc(OCc2ccccc2)c1)Cc1ccccc1. The molecule has 132 valence electrons. The normalized spacial score (nSPS) is 10.7. The van der Waals surface area contributed by atoms with E-state index in [1.807, 2.05) is 84.7 Å². The highest BCUT2D eigenvalue weighted by atomic mass is 16.5. The van der Waals surface area contributed by atoms with Gasteiger partial charge in [0.25, 0.3) is 0 Å². The standard InChI is InChI=1S/C23H23NO2/c1-24(16-19-9-4-2-5-10-19)17-23(25)21-13-8-14-22(15-21)26-18-20-11-6-3-7-12-20/h2-15H,16-18H2,1H3. The van der Waals surface area contributed by atoms with E-state index in [1.165, 1.54) is 5.56 Å². The van der Waals surface area contributed by atoms with Crippen molar-refractivity contribution in [3.63, 3.8) is 0 Å². The molecule has 0 atom stereocenters. The lowest BCUT2D eigenvalue weighted by Gasteiger charge is -2.16. The number of carbonyl (C=O) groups excluding carboxylic acids is 1. The largest absolute Gasteiger partial charge is 0.489 e. The zero-order chi connectivity index (χ0) is 18.2. The highest BCUT2D eigenvalue weighted by Crippen LogP contribution is 2.16. The Labute approximate surface area is 154 Å². The van der Waals surface area contributed by atoms with E-state index in [0.29, 0.717) is 24.5 Å². The number of hydrogen-bond acceptors (Lipinski definition) is 3. The van der Waals surface area contributed by atoms with Gasteiger partial charge in [-0.3, -0.25) is 9.69 Å². The van der Waals surface area contributed by atoms with Gasteiger partial charge >= 0.3 is 0 Å². The van der Waals surface area contributed by atoms with Gasteiger partial charge in [-0.1, -0.05) is 72.8 Å². The van der Waals surface area contributed by atoms with Gasteiger partial charge in [-0.25, -0.2) is 0 Å². The van der Waals surface area contributed by atoms with Gasteiger partial charge in [-0.2, -0.15) is 0 Å². The van der Waals surface area contributed by atoms with Crippen molar-refractivity contribution in [1.82, 2.24) is 4.90 Å². The third-order valence-electron chi connectivity index (χ3n) is 4.11. The van der Waals surface area contributed by atoms with Crippen LogP contribution in [0.5, 0.6) is 5.75 Å². The maximum atomic E-state index is 12.6. The molecule has 0 amide bonds. The van der Waals surface area contributed by atoms with Crippen LogP contribution >= 0.6 is 0 Å². The second-order valence-electron chi connectivity index (χ2n) is 6.38. The molecular formula is C23H23NO2. The van der Waals surface area contributed by atoms with Crippen molar-refractivity contribution < 1.29 is 9.53 Å². The van der Waals surface area contributed by atoms with Crippen LogP contribution in [0.25, 0.3) is 0 Å². The molecule has 0 spiro atoms. The number of hydrogen-bond donors (Lipinski definition) is 0. The fourth-order valence-corrected chi connectivity index (χ4v) is 2.79. The summed E-state index contributed by atoms with van der Waals surface area (Å²) in [4.78, 5) is 14.6. The zero-order valence-corrected chi connectivity index (χ0v) is 15.0. The minimum atomic E-state index is 0.0913. The minimum absolute atomic E-state index is 0.0913. The van der Waals surface area contributed by atoms with E-state index >= 15 is 0 Å². The Bertz CT molecular complexity index is 831. The molecule has 3 aromatic carbocycles. The molecule has 3 nitrogen and oxygen atoms in total. The van der Waals surface area contributed by atoms with Gasteiger partial charge in [-0.05, 0) is 30.3 Å². The maximum absolute atomic E-state index is 12.6. The lowest BCUT2D eigenvalue weighted by Crippen LogP contribution is -2.25. The Morgan fingerprint density at radius 3 is 2.19 bits per heavy atom. The Hall–Kier alpha value is -2.91. The molecule has 0 fully saturated rings. The predicted molar refractivity (Wildman–Crippen MR) is 104 cm³/mol. The topological polar surface area (TPSA) is 29.5 Å². The van der Waals surface area contributed by atoms with Crippen molar-refractivity contribution in [3.05, 3.63) is 102 Å². The van der Waals surface area contributed by atoms with Gasteiger partial charge in [0.15, 0.2) is 5.78 Å². The van der Waals surface area contributed by atoms with Gasteiger partial charge in [0.2, 0.25) is 0 Å². The zero-order valence-electron chi connectivity index (χ0n) is 15.0. The van der Waals surface area contributed by atoms with Crippen molar-refractivity contribution in [2.24, 2.45) is 0 Å². The number of ether oxygens (including phenoxy) is 1. The van der Waals surface area contributed by atoms with E-state index < -0.39 is 0 Å². The fraction of sp³-hybridized carbons (Fsp3) is 0.174. The van der Waals surface area contributed by atoms with Crippen molar-refractivity contribution in [3.8, 4) is 5.75 Å². The van der Waals surface area contributed by atoms with Crippen molar-refractivity contribution >= 4 is 5.78 Å². The van der Waals surface area contributed by atoms with Crippen LogP contribution < -0.4 is 4.74 Å². The van der Waals surface area contributed by atoms with E-state index in [9.17, 15) is 4.79 Å². The quantitative estimate of drug-likeness (QED) is 0.560. The summed E-state index contributed by atoms with van der Waals surface area (Å²) in [7, 11) is 1.96. The highest BCUT2D eigenvalue weighted by Gasteiger charge is 2.11. The first kappa shape index (κ1) is 17.9. The number of carbonyl (C=O) groups is 1. The summed E-state index contributed by atoms with van der Waals surface area (Å²) >= 11 is 0. The number of benzene rings is 3. The second kappa shape index (κ2) is 8.97. The first-order valence-corrected chi connectivity index (χ1v) is 8.73. The molecule has 0 aromatic heterocycles. The molecule has 0 saturated carbocycles. The predicted octanol–water partition coefficient (Wildman–Crippen LogP) is 4.58. The average molecular weight is 345 g/mol.